The highest BCUT2D eigenvalue weighted by Crippen LogP contribution is 2.31. The van der Waals surface area contributed by atoms with Crippen molar-refractivity contribution >= 4 is 21.4 Å². The number of nitrogens with zero attached hydrogens (tertiary/aromatic N) is 1. The molecule has 0 amide bonds. The summed E-state index contributed by atoms with van der Waals surface area (Å²) in [6, 6.07) is 3.89. The standard InChI is InChI=1S/C14H21N3O4S/c1-2-10-4-3-5-11(8-10)16-13-7-6-12(17(18)19)9-14(13)22(15,20)21/h6-7,9-11,16H,2-5,8H2,1H3,(H2,15,20,21). The molecule has 0 aliphatic heterocycles. The molecule has 1 aliphatic rings. The van der Waals surface area contributed by atoms with Crippen molar-refractivity contribution in [3.05, 3.63) is 28.3 Å². The van der Waals surface area contributed by atoms with E-state index in [2.05, 4.69) is 12.2 Å². The third kappa shape index (κ3) is 3.95. The third-order valence-electron chi connectivity index (χ3n) is 4.20. The quantitative estimate of drug-likeness (QED) is 0.637. The van der Waals surface area contributed by atoms with Gasteiger partial charge in [0.1, 0.15) is 4.90 Å². The van der Waals surface area contributed by atoms with E-state index in [1.807, 2.05) is 0 Å². The molecule has 22 heavy (non-hydrogen) atoms. The van der Waals surface area contributed by atoms with E-state index >= 15 is 0 Å². The Morgan fingerprint density at radius 2 is 2.14 bits per heavy atom. The molecule has 0 aromatic heterocycles. The van der Waals surface area contributed by atoms with Crippen LogP contribution < -0.4 is 10.5 Å². The maximum Gasteiger partial charge on any atom is 0.270 e. The van der Waals surface area contributed by atoms with E-state index in [1.165, 1.54) is 18.6 Å². The highest BCUT2D eigenvalue weighted by atomic mass is 32.2. The Labute approximate surface area is 130 Å². The molecule has 1 saturated carbocycles. The van der Waals surface area contributed by atoms with E-state index in [1.54, 1.807) is 0 Å². The van der Waals surface area contributed by atoms with Gasteiger partial charge in [0.2, 0.25) is 10.0 Å². The molecule has 2 rings (SSSR count). The number of sulfonamides is 1. The minimum absolute atomic E-state index is 0.167. The number of nitrogens with two attached hydrogens (primary N) is 1. The lowest BCUT2D eigenvalue weighted by Gasteiger charge is -2.30. The molecule has 0 saturated heterocycles. The molecule has 8 heteroatoms. The summed E-state index contributed by atoms with van der Waals surface area (Å²) in [7, 11) is -4.03. The van der Waals surface area contributed by atoms with Crippen LogP contribution >= 0.6 is 0 Å². The van der Waals surface area contributed by atoms with Gasteiger partial charge in [0.15, 0.2) is 0 Å². The van der Waals surface area contributed by atoms with Crippen LogP contribution in [0.25, 0.3) is 0 Å². The Hall–Kier alpha value is -1.67. The fourth-order valence-corrected chi connectivity index (χ4v) is 3.71. The van der Waals surface area contributed by atoms with Crippen molar-refractivity contribution in [2.75, 3.05) is 5.32 Å². The van der Waals surface area contributed by atoms with Crippen molar-refractivity contribution in [3.8, 4) is 0 Å². The summed E-state index contributed by atoms with van der Waals surface area (Å²) in [5, 5.41) is 19.2. The van der Waals surface area contributed by atoms with Crippen molar-refractivity contribution in [1.29, 1.82) is 0 Å². The fraction of sp³-hybridized carbons (Fsp3) is 0.571. The van der Waals surface area contributed by atoms with Crippen LogP contribution in [-0.4, -0.2) is 19.4 Å². The number of anilines is 1. The van der Waals surface area contributed by atoms with Crippen molar-refractivity contribution in [1.82, 2.24) is 0 Å². The minimum Gasteiger partial charge on any atom is -0.381 e. The molecule has 3 N–H and O–H groups in total. The zero-order valence-electron chi connectivity index (χ0n) is 12.5. The van der Waals surface area contributed by atoms with Crippen LogP contribution in [0.3, 0.4) is 0 Å². The topological polar surface area (TPSA) is 115 Å². The third-order valence-corrected chi connectivity index (χ3v) is 5.15. The predicted molar refractivity (Wildman–Crippen MR) is 84.1 cm³/mol. The first-order valence-electron chi connectivity index (χ1n) is 7.39. The van der Waals surface area contributed by atoms with Gasteiger partial charge >= 0.3 is 0 Å². The molecule has 2 unspecified atom stereocenters. The van der Waals surface area contributed by atoms with Gasteiger partial charge in [-0.2, -0.15) is 0 Å². The number of rotatable bonds is 5. The van der Waals surface area contributed by atoms with Gasteiger partial charge in [0.05, 0.1) is 10.6 Å². The molecular formula is C14H21N3O4S. The lowest BCUT2D eigenvalue weighted by atomic mass is 9.84. The molecule has 1 fully saturated rings. The highest BCUT2D eigenvalue weighted by molar-refractivity contribution is 7.89. The first-order chi connectivity index (χ1) is 10.3. The number of nitrogens with one attached hydrogen (secondary N) is 1. The fourth-order valence-electron chi connectivity index (χ4n) is 2.99. The van der Waals surface area contributed by atoms with Crippen molar-refractivity contribution in [2.24, 2.45) is 11.1 Å². The van der Waals surface area contributed by atoms with Crippen LogP contribution in [0, 0.1) is 16.0 Å². The summed E-state index contributed by atoms with van der Waals surface area (Å²) in [5.41, 5.74) is 0.0551. The smallest absolute Gasteiger partial charge is 0.270 e. The molecule has 122 valence electrons. The Bertz CT molecular complexity index is 660. The lowest BCUT2D eigenvalue weighted by molar-refractivity contribution is -0.385. The van der Waals surface area contributed by atoms with Crippen molar-refractivity contribution in [2.45, 2.75) is 50.0 Å². The monoisotopic (exact) mass is 327 g/mol. The second kappa shape index (κ2) is 6.62. The average Bonchev–Trinajstić information content (AvgIpc) is 2.46. The van der Waals surface area contributed by atoms with Gasteiger partial charge in [-0.1, -0.05) is 26.2 Å². The van der Waals surface area contributed by atoms with E-state index in [-0.39, 0.29) is 16.6 Å². The van der Waals surface area contributed by atoms with Crippen LogP contribution in [-0.2, 0) is 10.0 Å². The molecule has 1 aromatic carbocycles. The number of hydrogen-bond acceptors (Lipinski definition) is 5. The summed E-state index contributed by atoms with van der Waals surface area (Å²) in [4.78, 5) is 9.96. The number of nitro benzene ring substituents is 1. The largest absolute Gasteiger partial charge is 0.381 e. The first-order valence-corrected chi connectivity index (χ1v) is 8.93. The Morgan fingerprint density at radius 3 is 2.73 bits per heavy atom. The second-order valence-electron chi connectivity index (χ2n) is 5.76. The summed E-state index contributed by atoms with van der Waals surface area (Å²) < 4.78 is 23.4. The molecular weight excluding hydrogens is 306 g/mol. The van der Waals surface area contributed by atoms with Crippen LogP contribution in [0.1, 0.15) is 39.0 Å². The SMILES string of the molecule is CCC1CCCC(Nc2ccc([N+](=O)[O-])cc2S(N)(=O)=O)C1. The zero-order chi connectivity index (χ0) is 16.3. The molecule has 0 bridgehead atoms. The number of hydrogen-bond donors (Lipinski definition) is 2. The lowest BCUT2D eigenvalue weighted by Crippen LogP contribution is -2.28. The maximum atomic E-state index is 11.7. The number of primary sulfonamides is 1. The summed E-state index contributed by atoms with van der Waals surface area (Å²) in [5.74, 6) is 0.627. The van der Waals surface area contributed by atoms with Gasteiger partial charge < -0.3 is 5.32 Å². The number of non-ortho nitro benzene ring substituents is 1. The Balaban J connectivity index is 2.28. The predicted octanol–water partition coefficient (Wildman–Crippen LogP) is 2.62. The van der Waals surface area contributed by atoms with Crippen molar-refractivity contribution < 1.29 is 13.3 Å². The Morgan fingerprint density at radius 1 is 1.41 bits per heavy atom. The minimum atomic E-state index is -4.03. The van der Waals surface area contributed by atoms with Gasteiger partial charge in [0.25, 0.3) is 5.69 Å². The van der Waals surface area contributed by atoms with E-state index in [9.17, 15) is 18.5 Å². The number of benzene rings is 1. The van der Waals surface area contributed by atoms with Gasteiger partial charge in [-0.25, -0.2) is 13.6 Å². The second-order valence-corrected chi connectivity index (χ2v) is 7.29. The molecule has 0 spiro atoms. The van der Waals surface area contributed by atoms with Gasteiger partial charge in [-0.15, -0.1) is 0 Å². The molecule has 1 aromatic rings. The van der Waals surface area contributed by atoms with Gasteiger partial charge in [-0.05, 0) is 24.8 Å². The van der Waals surface area contributed by atoms with Crippen LogP contribution in [0.5, 0.6) is 0 Å². The Kier molecular flexibility index (Phi) is 5.02. The maximum absolute atomic E-state index is 11.7. The van der Waals surface area contributed by atoms with Crippen LogP contribution in [0.4, 0.5) is 11.4 Å². The highest BCUT2D eigenvalue weighted by Gasteiger charge is 2.24. The van der Waals surface area contributed by atoms with E-state index in [4.69, 9.17) is 5.14 Å². The van der Waals surface area contributed by atoms with E-state index in [0.29, 0.717) is 11.6 Å². The molecule has 7 nitrogen and oxygen atoms in total. The van der Waals surface area contributed by atoms with E-state index < -0.39 is 14.9 Å². The zero-order valence-corrected chi connectivity index (χ0v) is 13.3. The van der Waals surface area contributed by atoms with Crippen molar-refractivity contribution in [3.63, 3.8) is 0 Å². The van der Waals surface area contributed by atoms with E-state index in [0.717, 1.165) is 31.7 Å². The summed E-state index contributed by atoms with van der Waals surface area (Å²) >= 11 is 0. The molecule has 2 atom stereocenters. The summed E-state index contributed by atoms with van der Waals surface area (Å²) in [6.45, 7) is 2.15. The normalized spacial score (nSPS) is 22.3. The van der Waals surface area contributed by atoms with Gasteiger partial charge in [-0.3, -0.25) is 10.1 Å². The van der Waals surface area contributed by atoms with Crippen LogP contribution in [0.15, 0.2) is 23.1 Å². The first kappa shape index (κ1) is 16.7. The molecule has 1 aliphatic carbocycles. The van der Waals surface area contributed by atoms with Crippen LogP contribution in [0.2, 0.25) is 0 Å². The molecule has 0 radical (unpaired) electrons. The molecule has 0 heterocycles. The number of nitro groups is 1. The summed E-state index contributed by atoms with van der Waals surface area (Å²) in [6.07, 6.45) is 5.31. The van der Waals surface area contributed by atoms with Gasteiger partial charge in [0, 0.05) is 18.2 Å². The average molecular weight is 327 g/mol.